The van der Waals surface area contributed by atoms with Crippen LogP contribution in [0.5, 0.6) is 11.5 Å². The van der Waals surface area contributed by atoms with E-state index in [-0.39, 0.29) is 5.56 Å². The second kappa shape index (κ2) is 4.06. The highest BCUT2D eigenvalue weighted by Crippen LogP contribution is 2.34. The molecule has 76 valence electrons. The molecule has 0 fully saturated rings. The van der Waals surface area contributed by atoms with Crippen molar-refractivity contribution in [3.05, 3.63) is 29.8 Å². The molecule has 0 aliphatic heterocycles. The van der Waals surface area contributed by atoms with E-state index >= 15 is 0 Å². The van der Waals surface area contributed by atoms with Crippen LogP contribution in [0.25, 0.3) is 5.57 Å². The van der Waals surface area contributed by atoms with Crippen LogP contribution in [0.3, 0.4) is 0 Å². The summed E-state index contributed by atoms with van der Waals surface area (Å²) in [5, 5.41) is 18.5. The molecule has 4 N–H and O–H groups in total. The van der Waals surface area contributed by atoms with Crippen molar-refractivity contribution >= 4 is 5.57 Å². The van der Waals surface area contributed by atoms with Gasteiger partial charge in [-0.25, -0.2) is 0 Å². The quantitative estimate of drug-likeness (QED) is 0.681. The first-order chi connectivity index (χ1) is 6.57. The summed E-state index contributed by atoms with van der Waals surface area (Å²) in [6, 6.07) is 3.75. The summed E-state index contributed by atoms with van der Waals surface area (Å²) in [5.74, 6) is -0.837. The van der Waals surface area contributed by atoms with Gasteiger partial charge in [-0.2, -0.15) is 8.78 Å². The molecule has 1 aromatic carbocycles. The third kappa shape index (κ3) is 1.82. The lowest BCUT2D eigenvalue weighted by Gasteiger charge is -2.08. The maximum absolute atomic E-state index is 12.3. The minimum absolute atomic E-state index is 0.310. The molecule has 0 amide bonds. The Hall–Kier alpha value is -1.62. The van der Waals surface area contributed by atoms with Gasteiger partial charge in [-0.1, -0.05) is 6.07 Å². The molecule has 0 saturated carbocycles. The van der Waals surface area contributed by atoms with Gasteiger partial charge in [0.2, 0.25) is 0 Å². The molecule has 0 aromatic heterocycles. The highest BCUT2D eigenvalue weighted by molar-refractivity contribution is 5.76. The van der Waals surface area contributed by atoms with E-state index in [0.29, 0.717) is 0 Å². The predicted octanol–water partition coefficient (Wildman–Crippen LogP) is 1.66. The smallest absolute Gasteiger partial charge is 0.275 e. The number of halogens is 2. The van der Waals surface area contributed by atoms with Crippen molar-refractivity contribution in [3.8, 4) is 11.5 Å². The third-order valence-electron chi connectivity index (χ3n) is 1.75. The van der Waals surface area contributed by atoms with Gasteiger partial charge >= 0.3 is 0 Å². The Balaban J connectivity index is 3.38. The lowest BCUT2D eigenvalue weighted by Crippen LogP contribution is -2.03. The van der Waals surface area contributed by atoms with Crippen LogP contribution in [0.15, 0.2) is 24.3 Å². The molecule has 5 heteroatoms. The van der Waals surface area contributed by atoms with Gasteiger partial charge in [-0.3, -0.25) is 0 Å². The second-order valence-electron chi connectivity index (χ2n) is 2.61. The van der Waals surface area contributed by atoms with Crippen LogP contribution >= 0.6 is 0 Å². The molecule has 0 aliphatic carbocycles. The van der Waals surface area contributed by atoms with Gasteiger partial charge in [-0.05, 0) is 12.1 Å². The van der Waals surface area contributed by atoms with Crippen molar-refractivity contribution in [2.24, 2.45) is 5.73 Å². The minimum Gasteiger partial charge on any atom is -0.507 e. The zero-order valence-electron chi connectivity index (χ0n) is 7.17. The molecule has 0 heterocycles. The number of rotatable bonds is 2. The molecule has 14 heavy (non-hydrogen) atoms. The third-order valence-corrected chi connectivity index (χ3v) is 1.75. The molecule has 0 spiro atoms. The molecule has 0 unspecified atom stereocenters. The topological polar surface area (TPSA) is 66.5 Å². The molecule has 0 saturated heterocycles. The summed E-state index contributed by atoms with van der Waals surface area (Å²) in [6.45, 7) is -0.451. The fourth-order valence-corrected chi connectivity index (χ4v) is 1.11. The first-order valence-corrected chi connectivity index (χ1v) is 3.83. The van der Waals surface area contributed by atoms with E-state index in [1.807, 2.05) is 0 Å². The first-order valence-electron chi connectivity index (χ1n) is 3.83. The van der Waals surface area contributed by atoms with Gasteiger partial charge in [-0.15, -0.1) is 0 Å². The number of nitrogens with two attached hydrogens (primary N) is 1. The van der Waals surface area contributed by atoms with Crippen LogP contribution in [-0.2, 0) is 0 Å². The number of benzene rings is 1. The molecular weight excluding hydrogens is 192 g/mol. The van der Waals surface area contributed by atoms with E-state index < -0.39 is 29.7 Å². The number of hydrogen-bond acceptors (Lipinski definition) is 3. The average Bonchev–Trinajstić information content (AvgIpc) is 2.10. The Kier molecular flexibility index (Phi) is 3.03. The van der Waals surface area contributed by atoms with Crippen molar-refractivity contribution < 1.29 is 19.0 Å². The van der Waals surface area contributed by atoms with E-state index in [1.54, 1.807) is 0 Å². The Bertz CT molecular complexity index is 353. The SMILES string of the molecule is NCC(=C(F)F)c1c(O)cccc1O. The van der Waals surface area contributed by atoms with Gasteiger partial charge in [0.15, 0.2) is 0 Å². The van der Waals surface area contributed by atoms with Crippen molar-refractivity contribution in [1.82, 2.24) is 0 Å². The van der Waals surface area contributed by atoms with Crippen molar-refractivity contribution in [2.75, 3.05) is 6.54 Å². The van der Waals surface area contributed by atoms with Gasteiger partial charge in [0, 0.05) is 12.1 Å². The molecule has 0 radical (unpaired) electrons. The normalized spacial score (nSPS) is 9.93. The Morgan fingerprint density at radius 1 is 1.21 bits per heavy atom. The molecule has 1 aromatic rings. The minimum atomic E-state index is -2.01. The molecule has 3 nitrogen and oxygen atoms in total. The maximum Gasteiger partial charge on any atom is 0.275 e. The fourth-order valence-electron chi connectivity index (χ4n) is 1.11. The van der Waals surface area contributed by atoms with Crippen LogP contribution in [0, 0.1) is 0 Å². The Morgan fingerprint density at radius 2 is 1.71 bits per heavy atom. The average molecular weight is 201 g/mol. The summed E-state index contributed by atoms with van der Waals surface area (Å²) in [6.07, 6.45) is -2.01. The van der Waals surface area contributed by atoms with Crippen LogP contribution in [0.1, 0.15) is 5.56 Å². The van der Waals surface area contributed by atoms with E-state index in [2.05, 4.69) is 0 Å². The van der Waals surface area contributed by atoms with Crippen LogP contribution in [0.2, 0.25) is 0 Å². The number of hydrogen-bond donors (Lipinski definition) is 3. The largest absolute Gasteiger partial charge is 0.507 e. The maximum atomic E-state index is 12.3. The molecular formula is C9H9F2NO2. The summed E-state index contributed by atoms with van der Waals surface area (Å²) in [4.78, 5) is 0. The van der Waals surface area contributed by atoms with Crippen LogP contribution < -0.4 is 5.73 Å². The van der Waals surface area contributed by atoms with Gasteiger partial charge in [0.05, 0.1) is 5.56 Å². The van der Waals surface area contributed by atoms with Crippen LogP contribution in [-0.4, -0.2) is 16.8 Å². The highest BCUT2D eigenvalue weighted by Gasteiger charge is 2.15. The Morgan fingerprint density at radius 3 is 2.07 bits per heavy atom. The van der Waals surface area contributed by atoms with Gasteiger partial charge in [0.1, 0.15) is 11.5 Å². The molecule has 1 rings (SSSR count). The lowest BCUT2D eigenvalue weighted by atomic mass is 10.0. The van der Waals surface area contributed by atoms with E-state index in [9.17, 15) is 19.0 Å². The van der Waals surface area contributed by atoms with Gasteiger partial charge in [0.25, 0.3) is 6.08 Å². The summed E-state index contributed by atoms with van der Waals surface area (Å²) in [7, 11) is 0. The number of phenolic OH excluding ortho intramolecular Hbond substituents is 2. The molecule has 0 atom stereocenters. The number of aromatic hydroxyl groups is 2. The predicted molar refractivity (Wildman–Crippen MR) is 48.0 cm³/mol. The van der Waals surface area contributed by atoms with Crippen LogP contribution in [0.4, 0.5) is 8.78 Å². The second-order valence-corrected chi connectivity index (χ2v) is 2.61. The van der Waals surface area contributed by atoms with Crippen molar-refractivity contribution in [2.45, 2.75) is 0 Å². The molecule has 0 bridgehead atoms. The summed E-state index contributed by atoms with van der Waals surface area (Å²) < 4.78 is 24.6. The highest BCUT2D eigenvalue weighted by atomic mass is 19.3. The summed E-state index contributed by atoms with van der Waals surface area (Å²) in [5.41, 5.74) is 4.22. The van der Waals surface area contributed by atoms with Gasteiger partial charge < -0.3 is 15.9 Å². The van der Waals surface area contributed by atoms with Crippen molar-refractivity contribution in [3.63, 3.8) is 0 Å². The zero-order chi connectivity index (χ0) is 10.7. The fraction of sp³-hybridized carbons (Fsp3) is 0.111. The summed E-state index contributed by atoms with van der Waals surface area (Å²) >= 11 is 0. The number of phenols is 2. The lowest BCUT2D eigenvalue weighted by molar-refractivity contribution is 0.418. The van der Waals surface area contributed by atoms with Crippen molar-refractivity contribution in [1.29, 1.82) is 0 Å². The zero-order valence-corrected chi connectivity index (χ0v) is 7.17. The monoisotopic (exact) mass is 201 g/mol. The first kappa shape index (κ1) is 10.5. The van der Waals surface area contributed by atoms with E-state index in [4.69, 9.17) is 5.73 Å². The van der Waals surface area contributed by atoms with E-state index in [0.717, 1.165) is 0 Å². The standard InChI is InChI=1S/C9H9F2NO2/c10-9(11)5(4-12)8-6(13)2-1-3-7(8)14/h1-3,13-14H,4,12H2. The molecule has 0 aliphatic rings. The van der Waals surface area contributed by atoms with E-state index in [1.165, 1.54) is 18.2 Å². The Labute approximate surface area is 79.1 Å².